The summed E-state index contributed by atoms with van der Waals surface area (Å²) < 4.78 is 27.8. The highest BCUT2D eigenvalue weighted by Gasteiger charge is 2.22. The molecule has 5 nitrogen and oxygen atoms in total. The number of rotatable bonds is 5. The Morgan fingerprint density at radius 3 is 2.71 bits per heavy atom. The highest BCUT2D eigenvalue weighted by molar-refractivity contribution is 7.92. The van der Waals surface area contributed by atoms with E-state index in [1.807, 2.05) is 18.2 Å². The number of carbonyl (C=O) groups is 1. The fourth-order valence-corrected chi connectivity index (χ4v) is 3.92. The number of carbonyl (C=O) groups excluding carboxylic acids is 1. The SMILES string of the molecule is CC(C)Cc1cccc(NS(=O)(=O)c2ccc3c(c2)CC(=O)N3)c1. The number of fused-ring (bicyclic) bond motifs is 1. The molecule has 2 N–H and O–H groups in total. The summed E-state index contributed by atoms with van der Waals surface area (Å²) >= 11 is 0. The summed E-state index contributed by atoms with van der Waals surface area (Å²) in [5, 5.41) is 2.70. The van der Waals surface area contributed by atoms with Gasteiger partial charge >= 0.3 is 0 Å². The Labute approximate surface area is 142 Å². The lowest BCUT2D eigenvalue weighted by Gasteiger charge is -2.11. The van der Waals surface area contributed by atoms with Crippen LogP contribution in [0.15, 0.2) is 47.4 Å². The average molecular weight is 344 g/mol. The molecule has 2 aromatic carbocycles. The van der Waals surface area contributed by atoms with Crippen molar-refractivity contribution < 1.29 is 13.2 Å². The monoisotopic (exact) mass is 344 g/mol. The van der Waals surface area contributed by atoms with Crippen molar-refractivity contribution in [3.05, 3.63) is 53.6 Å². The Morgan fingerprint density at radius 2 is 1.96 bits per heavy atom. The van der Waals surface area contributed by atoms with Gasteiger partial charge in [-0.25, -0.2) is 8.42 Å². The molecule has 3 rings (SSSR count). The Hall–Kier alpha value is -2.34. The van der Waals surface area contributed by atoms with Crippen molar-refractivity contribution in [2.75, 3.05) is 10.0 Å². The van der Waals surface area contributed by atoms with Crippen molar-refractivity contribution in [2.45, 2.75) is 31.6 Å². The van der Waals surface area contributed by atoms with E-state index in [2.05, 4.69) is 23.9 Å². The van der Waals surface area contributed by atoms with Crippen LogP contribution in [0.5, 0.6) is 0 Å². The van der Waals surface area contributed by atoms with Crippen LogP contribution in [-0.4, -0.2) is 14.3 Å². The van der Waals surface area contributed by atoms with Crippen LogP contribution >= 0.6 is 0 Å². The minimum atomic E-state index is -3.69. The number of benzene rings is 2. The van der Waals surface area contributed by atoms with Gasteiger partial charge in [0.25, 0.3) is 10.0 Å². The zero-order valence-corrected chi connectivity index (χ0v) is 14.5. The van der Waals surface area contributed by atoms with E-state index in [4.69, 9.17) is 0 Å². The lowest BCUT2D eigenvalue weighted by atomic mass is 10.0. The minimum Gasteiger partial charge on any atom is -0.326 e. The molecule has 1 aliphatic heterocycles. The maximum atomic E-state index is 12.6. The maximum absolute atomic E-state index is 12.6. The van der Waals surface area contributed by atoms with E-state index >= 15 is 0 Å². The fourth-order valence-electron chi connectivity index (χ4n) is 2.82. The van der Waals surface area contributed by atoms with Gasteiger partial charge in [0, 0.05) is 11.4 Å². The Morgan fingerprint density at radius 1 is 1.17 bits per heavy atom. The van der Waals surface area contributed by atoms with Gasteiger partial charge in [-0.2, -0.15) is 0 Å². The first-order chi connectivity index (χ1) is 11.3. The normalized spacial score (nSPS) is 13.7. The molecule has 6 heteroatoms. The summed E-state index contributed by atoms with van der Waals surface area (Å²) in [6, 6.07) is 12.1. The number of amides is 1. The molecule has 1 amide bonds. The minimum absolute atomic E-state index is 0.117. The molecule has 24 heavy (non-hydrogen) atoms. The average Bonchev–Trinajstić information content (AvgIpc) is 2.85. The Balaban J connectivity index is 1.84. The topological polar surface area (TPSA) is 75.3 Å². The summed E-state index contributed by atoms with van der Waals surface area (Å²) in [6.07, 6.45) is 1.10. The van der Waals surface area contributed by atoms with E-state index in [0.717, 1.165) is 12.0 Å². The van der Waals surface area contributed by atoms with Crippen LogP contribution in [0.4, 0.5) is 11.4 Å². The van der Waals surface area contributed by atoms with E-state index < -0.39 is 10.0 Å². The zero-order chi connectivity index (χ0) is 17.3. The van der Waals surface area contributed by atoms with E-state index in [1.165, 1.54) is 6.07 Å². The summed E-state index contributed by atoms with van der Waals surface area (Å²) in [5.41, 5.74) is 3.02. The van der Waals surface area contributed by atoms with Crippen LogP contribution in [0.2, 0.25) is 0 Å². The molecule has 0 atom stereocenters. The van der Waals surface area contributed by atoms with Gasteiger partial charge < -0.3 is 5.32 Å². The van der Waals surface area contributed by atoms with E-state index in [1.54, 1.807) is 18.2 Å². The fraction of sp³-hybridized carbons (Fsp3) is 0.278. The van der Waals surface area contributed by atoms with E-state index in [0.29, 0.717) is 22.9 Å². The molecule has 0 aliphatic carbocycles. The van der Waals surface area contributed by atoms with Crippen LogP contribution in [0, 0.1) is 5.92 Å². The van der Waals surface area contributed by atoms with Crippen molar-refractivity contribution >= 4 is 27.3 Å². The highest BCUT2D eigenvalue weighted by atomic mass is 32.2. The van der Waals surface area contributed by atoms with Gasteiger partial charge in [0.1, 0.15) is 0 Å². The van der Waals surface area contributed by atoms with Crippen molar-refractivity contribution in [3.63, 3.8) is 0 Å². The molecule has 0 unspecified atom stereocenters. The first-order valence-corrected chi connectivity index (χ1v) is 9.36. The number of nitrogens with one attached hydrogen (secondary N) is 2. The zero-order valence-electron chi connectivity index (χ0n) is 13.7. The molecule has 1 heterocycles. The maximum Gasteiger partial charge on any atom is 0.261 e. The third-order valence-corrected chi connectivity index (χ3v) is 5.21. The van der Waals surface area contributed by atoms with Crippen LogP contribution in [0.25, 0.3) is 0 Å². The van der Waals surface area contributed by atoms with Crippen molar-refractivity contribution in [1.29, 1.82) is 0 Å². The number of hydrogen-bond donors (Lipinski definition) is 2. The third-order valence-electron chi connectivity index (χ3n) is 3.84. The van der Waals surface area contributed by atoms with Crippen molar-refractivity contribution in [3.8, 4) is 0 Å². The summed E-state index contributed by atoms with van der Waals surface area (Å²) in [7, 11) is -3.69. The number of hydrogen-bond acceptors (Lipinski definition) is 3. The molecule has 0 aromatic heterocycles. The van der Waals surface area contributed by atoms with Gasteiger partial charge in [-0.1, -0.05) is 26.0 Å². The molecule has 0 bridgehead atoms. The molecule has 2 aromatic rings. The van der Waals surface area contributed by atoms with Gasteiger partial charge in [0.05, 0.1) is 11.3 Å². The Kier molecular flexibility index (Phi) is 4.32. The van der Waals surface area contributed by atoms with Gasteiger partial charge in [0.2, 0.25) is 5.91 Å². The predicted molar refractivity (Wildman–Crippen MR) is 94.6 cm³/mol. The van der Waals surface area contributed by atoms with Gasteiger partial charge in [0.15, 0.2) is 0 Å². The molecule has 0 saturated heterocycles. The van der Waals surface area contributed by atoms with Crippen molar-refractivity contribution in [1.82, 2.24) is 0 Å². The lowest BCUT2D eigenvalue weighted by molar-refractivity contribution is -0.115. The van der Waals surface area contributed by atoms with E-state index in [9.17, 15) is 13.2 Å². The van der Waals surface area contributed by atoms with Gasteiger partial charge in [-0.15, -0.1) is 0 Å². The summed E-state index contributed by atoms with van der Waals surface area (Å²) in [6.45, 7) is 4.24. The third kappa shape index (κ3) is 3.59. The molecule has 0 spiro atoms. The molecule has 126 valence electrons. The molecule has 0 fully saturated rings. The molecule has 1 aliphatic rings. The Bertz CT molecular complexity index is 889. The number of anilines is 2. The first-order valence-electron chi connectivity index (χ1n) is 7.88. The smallest absolute Gasteiger partial charge is 0.261 e. The second kappa shape index (κ2) is 6.28. The summed E-state index contributed by atoms with van der Waals surface area (Å²) in [4.78, 5) is 11.6. The van der Waals surface area contributed by atoms with Crippen LogP contribution in [-0.2, 0) is 27.7 Å². The van der Waals surface area contributed by atoms with Crippen LogP contribution in [0.3, 0.4) is 0 Å². The first kappa shape index (κ1) is 16.5. The summed E-state index contributed by atoms with van der Waals surface area (Å²) in [5.74, 6) is 0.382. The number of sulfonamides is 1. The quantitative estimate of drug-likeness (QED) is 0.875. The molecule has 0 saturated carbocycles. The second-order valence-corrected chi connectivity index (χ2v) is 8.13. The molecular formula is C18H20N2O3S. The molecule has 0 radical (unpaired) electrons. The predicted octanol–water partition coefficient (Wildman–Crippen LogP) is 3.18. The lowest BCUT2D eigenvalue weighted by Crippen LogP contribution is -2.13. The largest absolute Gasteiger partial charge is 0.326 e. The van der Waals surface area contributed by atoms with Gasteiger partial charge in [-0.3, -0.25) is 9.52 Å². The van der Waals surface area contributed by atoms with Crippen molar-refractivity contribution in [2.24, 2.45) is 5.92 Å². The standard InChI is InChI=1S/C18H20N2O3S/c1-12(2)8-13-4-3-5-15(9-13)20-24(22,23)16-6-7-17-14(10-16)11-18(21)19-17/h3-7,9-10,12,20H,8,11H2,1-2H3,(H,19,21). The second-order valence-electron chi connectivity index (χ2n) is 6.45. The van der Waals surface area contributed by atoms with E-state index in [-0.39, 0.29) is 17.2 Å². The highest BCUT2D eigenvalue weighted by Crippen LogP contribution is 2.27. The van der Waals surface area contributed by atoms with Crippen LogP contribution < -0.4 is 10.0 Å². The molecular weight excluding hydrogens is 324 g/mol. The van der Waals surface area contributed by atoms with Gasteiger partial charge in [-0.05, 0) is 53.8 Å². The van der Waals surface area contributed by atoms with Crippen LogP contribution in [0.1, 0.15) is 25.0 Å².